The van der Waals surface area contributed by atoms with E-state index in [1.165, 1.54) is 0 Å². The van der Waals surface area contributed by atoms with Crippen LogP contribution in [0.1, 0.15) is 32.3 Å². The van der Waals surface area contributed by atoms with Gasteiger partial charge in [0.2, 0.25) is 0 Å². The quantitative estimate of drug-likeness (QED) is 0.775. The number of rotatable bonds is 2. The number of ketones is 1. The Morgan fingerprint density at radius 3 is 2.55 bits per heavy atom. The lowest BCUT2D eigenvalue weighted by molar-refractivity contribution is -0.172. The van der Waals surface area contributed by atoms with Crippen molar-refractivity contribution in [3.8, 4) is 5.75 Å². The third-order valence-corrected chi connectivity index (χ3v) is 4.39. The molecule has 0 N–H and O–H groups in total. The summed E-state index contributed by atoms with van der Waals surface area (Å²) in [5.74, 6) is 1.19. The highest BCUT2D eigenvalue weighted by molar-refractivity contribution is 6.04. The van der Waals surface area contributed by atoms with E-state index in [1.807, 2.05) is 30.3 Å². The summed E-state index contributed by atoms with van der Waals surface area (Å²) in [5.41, 5.74) is 1.72. The summed E-state index contributed by atoms with van der Waals surface area (Å²) >= 11 is 0. The second-order valence-electron chi connectivity index (χ2n) is 6.08. The maximum absolute atomic E-state index is 12.4. The molecule has 0 radical (unpaired) electrons. The molecule has 3 nitrogen and oxygen atoms in total. The molecule has 1 aromatic carbocycles. The Kier molecular flexibility index (Phi) is 3.17. The molecule has 3 heteroatoms. The van der Waals surface area contributed by atoms with Crippen molar-refractivity contribution in [3.05, 3.63) is 35.4 Å². The van der Waals surface area contributed by atoms with E-state index in [0.717, 1.165) is 29.7 Å². The zero-order valence-electron chi connectivity index (χ0n) is 12.2. The summed E-state index contributed by atoms with van der Waals surface area (Å²) < 4.78 is 11.0. The zero-order valence-corrected chi connectivity index (χ0v) is 12.2. The lowest BCUT2D eigenvalue weighted by Crippen LogP contribution is -2.54. The van der Waals surface area contributed by atoms with Crippen molar-refractivity contribution in [2.24, 2.45) is 5.92 Å². The van der Waals surface area contributed by atoms with Gasteiger partial charge in [-0.1, -0.05) is 12.1 Å². The van der Waals surface area contributed by atoms with Gasteiger partial charge in [0.05, 0.1) is 12.7 Å². The van der Waals surface area contributed by atoms with Crippen molar-refractivity contribution in [1.82, 2.24) is 0 Å². The van der Waals surface area contributed by atoms with Crippen molar-refractivity contribution in [2.75, 3.05) is 7.11 Å². The van der Waals surface area contributed by atoms with Gasteiger partial charge in [-0.3, -0.25) is 4.79 Å². The molecule has 2 heterocycles. The highest BCUT2D eigenvalue weighted by atomic mass is 16.5. The largest absolute Gasteiger partial charge is 0.497 e. The SMILES string of the molecule is COc1ccc(/C=C2/C(=O)[C@H]3CCC2C(C)(C)O3)cc1. The van der Waals surface area contributed by atoms with Gasteiger partial charge in [0.25, 0.3) is 0 Å². The van der Waals surface area contributed by atoms with Crippen LogP contribution < -0.4 is 4.74 Å². The van der Waals surface area contributed by atoms with E-state index in [2.05, 4.69) is 13.8 Å². The first-order valence-electron chi connectivity index (χ1n) is 7.09. The Labute approximate surface area is 119 Å². The number of ether oxygens (including phenoxy) is 2. The molecule has 0 amide bonds. The zero-order chi connectivity index (χ0) is 14.3. The molecule has 2 saturated heterocycles. The number of fused-ring (bicyclic) bond motifs is 3. The molecule has 3 aliphatic rings. The molecule has 4 rings (SSSR count). The average Bonchev–Trinajstić information content (AvgIpc) is 2.43. The minimum absolute atomic E-state index is 0.163. The number of Topliss-reactive ketones (excluding diaryl/α,β-unsaturated/α-hetero) is 1. The third kappa shape index (κ3) is 2.16. The summed E-state index contributed by atoms with van der Waals surface area (Å²) in [6.07, 6.45) is 3.65. The fourth-order valence-corrected chi connectivity index (χ4v) is 3.30. The predicted molar refractivity (Wildman–Crippen MR) is 77.7 cm³/mol. The monoisotopic (exact) mass is 272 g/mol. The predicted octanol–water partition coefficient (Wildman–Crippen LogP) is 3.24. The highest BCUT2D eigenvalue weighted by Gasteiger charge is 2.49. The molecule has 1 aromatic rings. The van der Waals surface area contributed by atoms with Crippen molar-refractivity contribution in [1.29, 1.82) is 0 Å². The number of methoxy groups -OCH3 is 1. The maximum Gasteiger partial charge on any atom is 0.187 e. The van der Waals surface area contributed by atoms with Crippen LogP contribution in [-0.2, 0) is 9.53 Å². The van der Waals surface area contributed by atoms with Gasteiger partial charge in [-0.2, -0.15) is 0 Å². The molecule has 106 valence electrons. The first-order valence-corrected chi connectivity index (χ1v) is 7.09. The Morgan fingerprint density at radius 1 is 1.25 bits per heavy atom. The fraction of sp³-hybridized carbons (Fsp3) is 0.471. The van der Waals surface area contributed by atoms with Crippen LogP contribution in [0.5, 0.6) is 5.75 Å². The normalized spacial score (nSPS) is 29.8. The maximum atomic E-state index is 12.4. The van der Waals surface area contributed by atoms with E-state index in [1.54, 1.807) is 7.11 Å². The topological polar surface area (TPSA) is 35.5 Å². The molecule has 0 aromatic heterocycles. The molecule has 2 bridgehead atoms. The van der Waals surface area contributed by atoms with Gasteiger partial charge in [-0.05, 0) is 50.5 Å². The van der Waals surface area contributed by atoms with Crippen LogP contribution >= 0.6 is 0 Å². The lowest BCUT2D eigenvalue weighted by Gasteiger charge is -2.48. The number of hydrogen-bond acceptors (Lipinski definition) is 3. The highest BCUT2D eigenvalue weighted by Crippen LogP contribution is 2.45. The number of hydrogen-bond donors (Lipinski definition) is 0. The summed E-state index contributed by atoms with van der Waals surface area (Å²) in [7, 11) is 1.65. The van der Waals surface area contributed by atoms with Crippen molar-refractivity contribution in [3.63, 3.8) is 0 Å². The van der Waals surface area contributed by atoms with Crippen LogP contribution in [0.3, 0.4) is 0 Å². The van der Waals surface area contributed by atoms with E-state index in [4.69, 9.17) is 9.47 Å². The molecule has 1 unspecified atom stereocenters. The number of carbonyl (C=O) groups excluding carboxylic acids is 1. The molecule has 3 fully saturated rings. The Balaban J connectivity index is 1.95. The minimum atomic E-state index is -0.250. The molecule has 2 atom stereocenters. The summed E-state index contributed by atoms with van der Waals surface area (Å²) in [6.45, 7) is 4.16. The van der Waals surface area contributed by atoms with Crippen molar-refractivity contribution >= 4 is 11.9 Å². The molecule has 20 heavy (non-hydrogen) atoms. The fourth-order valence-electron chi connectivity index (χ4n) is 3.30. The second-order valence-corrected chi connectivity index (χ2v) is 6.08. The molecule has 1 saturated carbocycles. The van der Waals surface area contributed by atoms with Gasteiger partial charge in [0, 0.05) is 11.5 Å². The second kappa shape index (κ2) is 4.74. The smallest absolute Gasteiger partial charge is 0.187 e. The number of benzene rings is 1. The van der Waals surface area contributed by atoms with Gasteiger partial charge < -0.3 is 9.47 Å². The standard InChI is InChI=1S/C17H20O3/c1-17(2)14-8-9-15(20-17)16(18)13(14)10-11-4-6-12(19-3)7-5-11/h4-7,10,14-15H,8-9H2,1-3H3/b13-10+/t14?,15-/m1/s1. The third-order valence-electron chi connectivity index (χ3n) is 4.39. The summed E-state index contributed by atoms with van der Waals surface area (Å²) in [5, 5.41) is 0. The van der Waals surface area contributed by atoms with Gasteiger partial charge in [0.1, 0.15) is 11.9 Å². The van der Waals surface area contributed by atoms with Crippen LogP contribution in [0.2, 0.25) is 0 Å². The molecular weight excluding hydrogens is 252 g/mol. The molecule has 1 aliphatic carbocycles. The van der Waals surface area contributed by atoms with Gasteiger partial charge in [-0.15, -0.1) is 0 Å². The summed E-state index contributed by atoms with van der Waals surface area (Å²) in [6, 6.07) is 7.80. The van der Waals surface area contributed by atoms with Crippen LogP contribution in [0.25, 0.3) is 6.08 Å². The molecular formula is C17H20O3. The van der Waals surface area contributed by atoms with E-state index in [0.29, 0.717) is 0 Å². The van der Waals surface area contributed by atoms with Crippen molar-refractivity contribution < 1.29 is 14.3 Å². The van der Waals surface area contributed by atoms with Gasteiger partial charge >= 0.3 is 0 Å². The molecule has 2 aliphatic heterocycles. The van der Waals surface area contributed by atoms with Crippen LogP contribution in [0.4, 0.5) is 0 Å². The van der Waals surface area contributed by atoms with Crippen LogP contribution in [-0.4, -0.2) is 24.6 Å². The Bertz CT molecular complexity index is 554. The first-order chi connectivity index (χ1) is 9.51. The Morgan fingerprint density at radius 2 is 1.95 bits per heavy atom. The lowest BCUT2D eigenvalue weighted by atomic mass is 9.69. The summed E-state index contributed by atoms with van der Waals surface area (Å²) in [4.78, 5) is 12.4. The van der Waals surface area contributed by atoms with Crippen LogP contribution in [0, 0.1) is 5.92 Å². The Hall–Kier alpha value is -1.61. The van der Waals surface area contributed by atoms with Crippen LogP contribution in [0.15, 0.2) is 29.8 Å². The first kappa shape index (κ1) is 13.4. The van der Waals surface area contributed by atoms with Gasteiger partial charge in [-0.25, -0.2) is 0 Å². The van der Waals surface area contributed by atoms with E-state index in [9.17, 15) is 4.79 Å². The number of carbonyl (C=O) groups is 1. The van der Waals surface area contributed by atoms with Gasteiger partial charge in [0.15, 0.2) is 5.78 Å². The van der Waals surface area contributed by atoms with Crippen molar-refractivity contribution in [2.45, 2.75) is 38.4 Å². The van der Waals surface area contributed by atoms with E-state index < -0.39 is 0 Å². The molecule has 0 spiro atoms. The van der Waals surface area contributed by atoms with E-state index >= 15 is 0 Å². The average molecular weight is 272 g/mol. The minimum Gasteiger partial charge on any atom is -0.497 e. The van der Waals surface area contributed by atoms with E-state index in [-0.39, 0.29) is 23.4 Å².